The Balaban J connectivity index is 1.25. The molecule has 3 aromatic heterocycles. The van der Waals surface area contributed by atoms with E-state index in [4.69, 9.17) is 19.3 Å². The van der Waals surface area contributed by atoms with Gasteiger partial charge in [0.25, 0.3) is 5.56 Å². The van der Waals surface area contributed by atoms with Crippen LogP contribution in [-0.2, 0) is 0 Å². The summed E-state index contributed by atoms with van der Waals surface area (Å²) in [5, 5.41) is 9.36. The summed E-state index contributed by atoms with van der Waals surface area (Å²) in [4.78, 5) is 18.5. The molecule has 0 bridgehead atoms. The summed E-state index contributed by atoms with van der Waals surface area (Å²) in [5.74, 6) is 2.53. The van der Waals surface area contributed by atoms with Crippen molar-refractivity contribution < 1.29 is 14.2 Å². The smallest absolute Gasteiger partial charge is 0.291 e. The van der Waals surface area contributed by atoms with Gasteiger partial charge in [0.2, 0.25) is 4.96 Å². The number of ether oxygens (including phenoxy) is 3. The first kappa shape index (κ1) is 25.0. The number of hydrogen-bond acceptors (Lipinski definition) is 8. The van der Waals surface area contributed by atoms with Crippen molar-refractivity contribution in [2.75, 3.05) is 13.2 Å². The molecule has 0 radical (unpaired) electrons. The largest absolute Gasteiger partial charge is 0.494 e. The van der Waals surface area contributed by atoms with Crippen molar-refractivity contribution in [2.24, 2.45) is 0 Å². The van der Waals surface area contributed by atoms with Gasteiger partial charge in [0, 0.05) is 17.3 Å². The lowest BCUT2D eigenvalue weighted by Gasteiger charge is -2.24. The Bertz CT molecular complexity index is 1950. The summed E-state index contributed by atoms with van der Waals surface area (Å²) < 4.78 is 21.2. The first-order valence-corrected chi connectivity index (χ1v) is 14.2. The van der Waals surface area contributed by atoms with E-state index in [0.29, 0.717) is 33.4 Å². The van der Waals surface area contributed by atoms with Crippen LogP contribution >= 0.6 is 11.3 Å². The van der Waals surface area contributed by atoms with Crippen LogP contribution in [0.2, 0.25) is 0 Å². The fraction of sp³-hybridized carbons (Fsp3) is 0.161. The number of aromatic nitrogens is 5. The van der Waals surface area contributed by atoms with Crippen LogP contribution < -0.4 is 24.3 Å². The molecule has 6 aromatic rings. The minimum Gasteiger partial charge on any atom is -0.494 e. The monoisotopic (exact) mass is 563 g/mol. The van der Waals surface area contributed by atoms with Crippen LogP contribution in [0.5, 0.6) is 17.2 Å². The Hall–Kier alpha value is -4.96. The van der Waals surface area contributed by atoms with E-state index in [1.807, 2.05) is 95.8 Å². The predicted octanol–water partition coefficient (Wildman–Crippen LogP) is 4.85. The number of thiazole rings is 1. The number of fused-ring (bicyclic) bond motifs is 2. The second-order valence-electron chi connectivity index (χ2n) is 9.53. The van der Waals surface area contributed by atoms with Crippen molar-refractivity contribution in [1.29, 1.82) is 0 Å². The number of rotatable bonds is 7. The third kappa shape index (κ3) is 4.82. The molecule has 1 aliphatic heterocycles. The Morgan fingerprint density at radius 3 is 2.56 bits per heavy atom. The van der Waals surface area contributed by atoms with Crippen LogP contribution in [0.1, 0.15) is 30.8 Å². The van der Waals surface area contributed by atoms with Gasteiger partial charge in [0.1, 0.15) is 18.1 Å². The third-order valence-electron chi connectivity index (χ3n) is 6.65. The lowest BCUT2D eigenvalue weighted by molar-refractivity contribution is 0.0852. The number of nitrogens with zero attached hydrogens (tertiary/aromatic N) is 5. The van der Waals surface area contributed by atoms with Crippen LogP contribution in [0.25, 0.3) is 28.0 Å². The van der Waals surface area contributed by atoms with Gasteiger partial charge in [0.05, 0.1) is 16.8 Å². The van der Waals surface area contributed by atoms with E-state index < -0.39 is 6.10 Å². The molecule has 3 aromatic carbocycles. The van der Waals surface area contributed by atoms with E-state index in [1.165, 1.54) is 15.9 Å². The molecule has 0 saturated heterocycles. The van der Waals surface area contributed by atoms with E-state index in [2.05, 4.69) is 17.0 Å². The third-order valence-corrected chi connectivity index (χ3v) is 7.60. The van der Waals surface area contributed by atoms with Gasteiger partial charge in [-0.2, -0.15) is 14.6 Å². The second-order valence-corrected chi connectivity index (χ2v) is 10.5. The van der Waals surface area contributed by atoms with Crippen LogP contribution in [0.15, 0.2) is 89.9 Å². The van der Waals surface area contributed by atoms with E-state index in [0.717, 1.165) is 34.7 Å². The molecule has 1 atom stereocenters. The summed E-state index contributed by atoms with van der Waals surface area (Å²) >= 11 is 1.28. The average Bonchev–Trinajstić information content (AvgIpc) is 3.71. The quantitative estimate of drug-likeness (QED) is 0.274. The second kappa shape index (κ2) is 10.5. The van der Waals surface area contributed by atoms with Gasteiger partial charge in [-0.3, -0.25) is 4.79 Å². The van der Waals surface area contributed by atoms with Crippen LogP contribution in [0, 0.1) is 0 Å². The molecular formula is C31H25N5O4S. The highest BCUT2D eigenvalue weighted by Gasteiger charge is 2.27. The molecule has 204 valence electrons. The van der Waals surface area contributed by atoms with Crippen molar-refractivity contribution in [3.8, 4) is 34.2 Å². The van der Waals surface area contributed by atoms with Crippen molar-refractivity contribution in [3.05, 3.63) is 111 Å². The van der Waals surface area contributed by atoms with Gasteiger partial charge in [-0.15, -0.1) is 5.10 Å². The number of benzene rings is 3. The van der Waals surface area contributed by atoms with Gasteiger partial charge >= 0.3 is 0 Å². The van der Waals surface area contributed by atoms with Gasteiger partial charge in [-0.25, -0.2) is 4.68 Å². The van der Waals surface area contributed by atoms with Crippen molar-refractivity contribution in [3.63, 3.8) is 0 Å². The maximum atomic E-state index is 13.4. The Morgan fingerprint density at radius 1 is 1.00 bits per heavy atom. The maximum absolute atomic E-state index is 13.4. The highest BCUT2D eigenvalue weighted by Crippen LogP contribution is 2.35. The van der Waals surface area contributed by atoms with Gasteiger partial charge in [-0.1, -0.05) is 48.6 Å². The molecule has 10 heteroatoms. The first-order chi connectivity index (χ1) is 20.2. The van der Waals surface area contributed by atoms with E-state index in [-0.39, 0.29) is 12.2 Å². The summed E-state index contributed by atoms with van der Waals surface area (Å²) in [6, 6.07) is 25.2. The summed E-state index contributed by atoms with van der Waals surface area (Å²) in [5.41, 5.74) is 3.14. The molecular weight excluding hydrogens is 538 g/mol. The van der Waals surface area contributed by atoms with Crippen LogP contribution in [0.4, 0.5) is 0 Å². The van der Waals surface area contributed by atoms with Gasteiger partial charge in [-0.05, 0) is 61.0 Å². The molecule has 0 saturated carbocycles. The fourth-order valence-corrected chi connectivity index (χ4v) is 5.54. The zero-order valence-corrected chi connectivity index (χ0v) is 23.0. The molecule has 1 aliphatic rings. The SMILES string of the molecule is CCCOc1ccc(-c2nn(-c3ccccc3)cc2/C=c2\sc3nc(C4COc5ccccc5O4)nn3c2=O)cc1. The average molecular weight is 564 g/mol. The lowest BCUT2D eigenvalue weighted by Crippen LogP contribution is -2.26. The van der Waals surface area contributed by atoms with E-state index in [1.54, 1.807) is 0 Å². The Morgan fingerprint density at radius 2 is 1.78 bits per heavy atom. The minimum absolute atomic E-state index is 0.248. The molecule has 0 amide bonds. The van der Waals surface area contributed by atoms with Crippen LogP contribution in [0.3, 0.4) is 0 Å². The maximum Gasteiger partial charge on any atom is 0.291 e. The normalized spacial score (nSPS) is 15.0. The molecule has 1 unspecified atom stereocenters. The molecule has 0 fully saturated rings. The topological polar surface area (TPSA) is 92.8 Å². The summed E-state index contributed by atoms with van der Waals surface area (Å²) in [6.07, 6.45) is 4.22. The van der Waals surface area contributed by atoms with E-state index in [9.17, 15) is 4.79 Å². The van der Waals surface area contributed by atoms with Gasteiger partial charge in [0.15, 0.2) is 23.4 Å². The lowest BCUT2D eigenvalue weighted by atomic mass is 10.1. The van der Waals surface area contributed by atoms with Crippen molar-refractivity contribution >= 4 is 22.4 Å². The molecule has 0 aliphatic carbocycles. The number of para-hydroxylation sites is 3. The van der Waals surface area contributed by atoms with E-state index >= 15 is 0 Å². The van der Waals surface area contributed by atoms with Gasteiger partial charge < -0.3 is 14.2 Å². The van der Waals surface area contributed by atoms with Crippen molar-refractivity contribution in [1.82, 2.24) is 24.4 Å². The zero-order chi connectivity index (χ0) is 27.8. The number of hydrogen-bond donors (Lipinski definition) is 0. The summed E-state index contributed by atoms with van der Waals surface area (Å²) in [6.45, 7) is 3.01. The molecule has 7 rings (SSSR count). The highest BCUT2D eigenvalue weighted by atomic mass is 32.1. The summed E-state index contributed by atoms with van der Waals surface area (Å²) in [7, 11) is 0. The molecule has 4 heterocycles. The minimum atomic E-state index is -0.496. The molecule has 9 nitrogen and oxygen atoms in total. The standard InChI is InChI=1S/C31H25N5O4S/c1-2-16-38-23-14-12-20(13-15-23)28-21(18-35(33-28)22-8-4-3-5-9-22)17-27-30(37)36-31(41-27)32-29(34-36)26-19-39-24-10-6-7-11-25(24)40-26/h3-15,17-18,26H,2,16,19H2,1H3/b27-17-. The highest BCUT2D eigenvalue weighted by molar-refractivity contribution is 7.15. The Kier molecular flexibility index (Phi) is 6.44. The van der Waals surface area contributed by atoms with Crippen molar-refractivity contribution in [2.45, 2.75) is 19.4 Å². The first-order valence-electron chi connectivity index (χ1n) is 13.3. The fourth-order valence-electron chi connectivity index (χ4n) is 4.63. The molecule has 0 spiro atoms. The zero-order valence-electron chi connectivity index (χ0n) is 22.1. The van der Waals surface area contributed by atoms with Crippen LogP contribution in [-0.4, -0.2) is 37.6 Å². The predicted molar refractivity (Wildman–Crippen MR) is 156 cm³/mol. The molecule has 41 heavy (non-hydrogen) atoms. The molecule has 0 N–H and O–H groups in total. The Labute approximate surface area is 238 Å².